The summed E-state index contributed by atoms with van der Waals surface area (Å²) in [5.41, 5.74) is 0. The number of hydrogen-bond acceptors (Lipinski definition) is 10. The van der Waals surface area contributed by atoms with Crippen LogP contribution in [0, 0.1) is 5.92 Å². The van der Waals surface area contributed by atoms with Gasteiger partial charge in [0.25, 0.3) is 0 Å². The van der Waals surface area contributed by atoms with Gasteiger partial charge in [0.1, 0.15) is 12.7 Å². The van der Waals surface area contributed by atoms with E-state index < -0.39 is 64.5 Å². The highest BCUT2D eigenvalue weighted by Gasteiger charge is 2.27. The fraction of sp³-hybridized carbons (Fsp3) is 0.714. The number of carbonyl (C=O) groups is 2. The molecular formula is C49H85O11P. The molecule has 4 atom stereocenters. The molecule has 0 amide bonds. The molecule has 11 nitrogen and oxygen atoms in total. The van der Waals surface area contributed by atoms with Crippen LogP contribution in [0.2, 0.25) is 0 Å². The van der Waals surface area contributed by atoms with Crippen LogP contribution in [0.1, 0.15) is 175 Å². The Morgan fingerprint density at radius 1 is 0.574 bits per heavy atom. The highest BCUT2D eigenvalue weighted by Crippen LogP contribution is 2.43. The van der Waals surface area contributed by atoms with Crippen LogP contribution in [0.15, 0.2) is 72.9 Å². The van der Waals surface area contributed by atoms with Crippen LogP contribution in [-0.4, -0.2) is 76.9 Å². The normalized spacial score (nSPS) is 15.0. The Balaban J connectivity index is 4.46. The summed E-state index contributed by atoms with van der Waals surface area (Å²) >= 11 is 0. The molecule has 352 valence electrons. The van der Waals surface area contributed by atoms with Crippen molar-refractivity contribution in [3.8, 4) is 0 Å². The molecule has 0 aliphatic rings. The van der Waals surface area contributed by atoms with E-state index in [1.54, 1.807) is 12.2 Å². The SMILES string of the molecule is CC/C=C\C/C=C\C/C=C\C/C=C\C/C=C\C=C/C(O)CCC(=O)OC[C@H](COP(=O)(O)OC[C@@H](O)CO)OC(=O)CCCCCCCCCCCCCCCCCC(C)C. The summed E-state index contributed by atoms with van der Waals surface area (Å²) in [5.74, 6) is -0.390. The molecule has 0 spiro atoms. The number of allylic oxidation sites excluding steroid dienone is 11. The van der Waals surface area contributed by atoms with E-state index in [2.05, 4.69) is 73.9 Å². The Hall–Kier alpha value is -2.63. The molecule has 12 heteroatoms. The quantitative estimate of drug-likeness (QED) is 0.0151. The Bertz CT molecular complexity index is 1270. The average molecular weight is 881 g/mol. The van der Waals surface area contributed by atoms with Crippen LogP contribution in [0.4, 0.5) is 0 Å². The second-order valence-corrected chi connectivity index (χ2v) is 17.5. The van der Waals surface area contributed by atoms with Crippen molar-refractivity contribution in [1.29, 1.82) is 0 Å². The zero-order valence-corrected chi connectivity index (χ0v) is 39.0. The molecule has 0 saturated carbocycles. The maximum absolute atomic E-state index is 12.7. The van der Waals surface area contributed by atoms with Crippen molar-refractivity contribution in [3.63, 3.8) is 0 Å². The average Bonchev–Trinajstić information content (AvgIpc) is 3.23. The molecular weight excluding hydrogens is 796 g/mol. The first kappa shape index (κ1) is 58.4. The minimum Gasteiger partial charge on any atom is -0.462 e. The van der Waals surface area contributed by atoms with E-state index in [0.29, 0.717) is 6.42 Å². The predicted octanol–water partition coefficient (Wildman–Crippen LogP) is 11.7. The van der Waals surface area contributed by atoms with Crippen molar-refractivity contribution in [2.24, 2.45) is 5.92 Å². The van der Waals surface area contributed by atoms with E-state index in [9.17, 15) is 29.3 Å². The van der Waals surface area contributed by atoms with E-state index in [0.717, 1.165) is 57.3 Å². The van der Waals surface area contributed by atoms with Gasteiger partial charge in [-0.2, -0.15) is 0 Å². The second kappa shape index (κ2) is 42.7. The molecule has 0 radical (unpaired) electrons. The van der Waals surface area contributed by atoms with Crippen molar-refractivity contribution in [2.45, 2.75) is 193 Å². The molecule has 0 aliphatic heterocycles. The number of rotatable bonds is 42. The largest absolute Gasteiger partial charge is 0.472 e. The Labute approximate surface area is 370 Å². The van der Waals surface area contributed by atoms with Gasteiger partial charge in [-0.15, -0.1) is 0 Å². The summed E-state index contributed by atoms with van der Waals surface area (Å²) in [6, 6.07) is 0. The standard InChI is InChI=1S/C49H85O11P/c1-4-5-6-7-8-9-10-11-12-15-18-21-24-27-30-33-36-45(51)38-39-48(53)57-42-47(43-59-61(55,56)58-41-46(52)40-50)60-49(54)37-34-31-28-25-22-19-16-13-14-17-20-23-26-29-32-35-44(2)3/h5-6,8-9,11-12,18,21,27,30,33,36,44-47,50-52H,4,7,10,13-17,19-20,22-26,28-29,31-32,34-35,37-43H2,1-3H3,(H,55,56)/b6-5-,9-8-,12-11-,21-18-,30-27-,36-33-/t45?,46-,47+/m0/s1. The number of phosphoric ester groups is 1. The third-order valence-electron chi connectivity index (χ3n) is 9.67. The number of carbonyl (C=O) groups excluding carboxylic acids is 2. The first-order valence-electron chi connectivity index (χ1n) is 23.4. The lowest BCUT2D eigenvalue weighted by Crippen LogP contribution is -2.30. The minimum atomic E-state index is -4.68. The molecule has 0 saturated heterocycles. The highest BCUT2D eigenvalue weighted by molar-refractivity contribution is 7.47. The lowest BCUT2D eigenvalue weighted by Gasteiger charge is -2.20. The fourth-order valence-corrected chi connectivity index (χ4v) is 6.84. The van der Waals surface area contributed by atoms with Gasteiger partial charge >= 0.3 is 19.8 Å². The Morgan fingerprint density at radius 3 is 1.56 bits per heavy atom. The summed E-state index contributed by atoms with van der Waals surface area (Å²) in [6.07, 6.45) is 44.9. The smallest absolute Gasteiger partial charge is 0.462 e. The molecule has 0 heterocycles. The summed E-state index contributed by atoms with van der Waals surface area (Å²) < 4.78 is 32.6. The van der Waals surface area contributed by atoms with E-state index >= 15 is 0 Å². The summed E-state index contributed by atoms with van der Waals surface area (Å²) in [6.45, 7) is 4.34. The molecule has 0 aromatic heterocycles. The number of hydrogen-bond donors (Lipinski definition) is 4. The minimum absolute atomic E-state index is 0.104. The predicted molar refractivity (Wildman–Crippen MR) is 248 cm³/mol. The van der Waals surface area contributed by atoms with E-state index in [4.69, 9.17) is 19.1 Å². The van der Waals surface area contributed by atoms with Crippen molar-refractivity contribution in [1.82, 2.24) is 0 Å². The first-order valence-corrected chi connectivity index (χ1v) is 24.9. The third kappa shape index (κ3) is 43.8. The van der Waals surface area contributed by atoms with Crippen LogP contribution in [-0.2, 0) is 32.7 Å². The van der Waals surface area contributed by atoms with Gasteiger partial charge in [0.2, 0.25) is 0 Å². The van der Waals surface area contributed by atoms with Crippen LogP contribution >= 0.6 is 7.82 Å². The van der Waals surface area contributed by atoms with Crippen molar-refractivity contribution in [3.05, 3.63) is 72.9 Å². The number of aliphatic hydroxyl groups is 3. The third-order valence-corrected chi connectivity index (χ3v) is 10.6. The van der Waals surface area contributed by atoms with Gasteiger partial charge in [0, 0.05) is 12.8 Å². The van der Waals surface area contributed by atoms with Crippen LogP contribution in [0.3, 0.4) is 0 Å². The van der Waals surface area contributed by atoms with Crippen molar-refractivity contribution in [2.75, 3.05) is 26.4 Å². The number of esters is 2. The maximum atomic E-state index is 12.7. The lowest BCUT2D eigenvalue weighted by atomic mass is 10.0. The summed E-state index contributed by atoms with van der Waals surface area (Å²) in [7, 11) is -4.68. The molecule has 2 unspecified atom stereocenters. The summed E-state index contributed by atoms with van der Waals surface area (Å²) in [4.78, 5) is 35.1. The number of unbranched alkanes of at least 4 members (excludes halogenated alkanes) is 14. The highest BCUT2D eigenvalue weighted by atomic mass is 31.2. The summed E-state index contributed by atoms with van der Waals surface area (Å²) in [5, 5.41) is 28.6. The molecule has 4 N–H and O–H groups in total. The number of aliphatic hydroxyl groups excluding tert-OH is 3. The first-order chi connectivity index (χ1) is 29.5. The van der Waals surface area contributed by atoms with Gasteiger partial charge in [-0.3, -0.25) is 18.6 Å². The Morgan fingerprint density at radius 2 is 1.05 bits per heavy atom. The number of phosphoric acid groups is 1. The van der Waals surface area contributed by atoms with Crippen LogP contribution < -0.4 is 0 Å². The lowest BCUT2D eigenvalue weighted by molar-refractivity contribution is -0.161. The van der Waals surface area contributed by atoms with Gasteiger partial charge in [-0.05, 0) is 50.9 Å². The van der Waals surface area contributed by atoms with Crippen molar-refractivity contribution >= 4 is 19.8 Å². The molecule has 0 aliphatic carbocycles. The van der Waals surface area contributed by atoms with Crippen LogP contribution in [0.25, 0.3) is 0 Å². The molecule has 0 fully saturated rings. The van der Waals surface area contributed by atoms with Crippen LogP contribution in [0.5, 0.6) is 0 Å². The van der Waals surface area contributed by atoms with Gasteiger partial charge in [0.15, 0.2) is 6.10 Å². The Kier molecular flexibility index (Phi) is 40.8. The molecule has 0 rings (SSSR count). The molecule has 61 heavy (non-hydrogen) atoms. The number of ether oxygens (including phenoxy) is 2. The molecule has 0 bridgehead atoms. The zero-order valence-electron chi connectivity index (χ0n) is 38.1. The van der Waals surface area contributed by atoms with Gasteiger partial charge in [-0.25, -0.2) is 4.57 Å². The van der Waals surface area contributed by atoms with Crippen molar-refractivity contribution < 1.29 is 52.9 Å². The molecule has 0 aromatic carbocycles. The molecule has 0 aromatic rings. The van der Waals surface area contributed by atoms with E-state index in [1.165, 1.54) is 77.0 Å². The zero-order chi connectivity index (χ0) is 45.1. The van der Waals surface area contributed by atoms with E-state index in [-0.39, 0.29) is 19.3 Å². The fourth-order valence-electron chi connectivity index (χ4n) is 6.05. The van der Waals surface area contributed by atoms with Gasteiger partial charge in [0.05, 0.1) is 25.9 Å². The van der Waals surface area contributed by atoms with Gasteiger partial charge in [-0.1, -0.05) is 190 Å². The monoisotopic (exact) mass is 881 g/mol. The van der Waals surface area contributed by atoms with E-state index in [1.807, 2.05) is 12.2 Å². The van der Waals surface area contributed by atoms with Gasteiger partial charge < -0.3 is 29.7 Å². The topological polar surface area (TPSA) is 169 Å². The maximum Gasteiger partial charge on any atom is 0.472 e. The second-order valence-electron chi connectivity index (χ2n) is 16.1.